The van der Waals surface area contributed by atoms with E-state index in [2.05, 4.69) is 0 Å². The number of nitrogens with zero attached hydrogens (tertiary/aromatic N) is 1. The van der Waals surface area contributed by atoms with Crippen LogP contribution in [0.4, 0.5) is 0 Å². The van der Waals surface area contributed by atoms with E-state index in [9.17, 15) is 4.79 Å². The second-order valence-corrected chi connectivity index (χ2v) is 3.43. The molecule has 1 aliphatic carbocycles. The lowest BCUT2D eigenvalue weighted by Gasteiger charge is -2.07. The highest BCUT2D eigenvalue weighted by Gasteiger charge is 2.25. The van der Waals surface area contributed by atoms with Crippen LogP contribution in [0.15, 0.2) is 35.1 Å². The normalized spacial score (nSPS) is 21.8. The Balaban J connectivity index is 2.44. The summed E-state index contributed by atoms with van der Waals surface area (Å²) in [7, 11) is 1.80. The number of carbonyl (C=O) groups excluding carboxylic acids is 1. The van der Waals surface area contributed by atoms with E-state index in [0.29, 0.717) is 6.54 Å². The van der Waals surface area contributed by atoms with Gasteiger partial charge in [-0.05, 0) is 11.6 Å². The van der Waals surface area contributed by atoms with Crippen molar-refractivity contribution in [2.45, 2.75) is 6.42 Å². The molecule has 0 aromatic heterocycles. The first kappa shape index (κ1) is 8.10. The minimum atomic E-state index is 0.0736. The molecule has 2 rings (SSSR count). The second-order valence-electron chi connectivity index (χ2n) is 3.43. The van der Waals surface area contributed by atoms with Gasteiger partial charge in [0.15, 0.2) is 0 Å². The van der Waals surface area contributed by atoms with E-state index in [0.717, 1.165) is 23.3 Å². The van der Waals surface area contributed by atoms with Crippen LogP contribution >= 0.6 is 0 Å². The zero-order valence-electron chi connectivity index (χ0n) is 7.58. The van der Waals surface area contributed by atoms with Crippen LogP contribution in [0, 0.1) is 0 Å². The van der Waals surface area contributed by atoms with Gasteiger partial charge in [-0.2, -0.15) is 0 Å². The molecule has 2 N–H and O–H groups in total. The van der Waals surface area contributed by atoms with Gasteiger partial charge in [0.2, 0.25) is 0 Å². The first-order valence-electron chi connectivity index (χ1n) is 4.29. The van der Waals surface area contributed by atoms with Crippen LogP contribution in [-0.2, 0) is 4.79 Å². The third-order valence-electron chi connectivity index (χ3n) is 2.33. The molecule has 0 unspecified atom stereocenters. The van der Waals surface area contributed by atoms with Crippen LogP contribution in [0.1, 0.15) is 6.42 Å². The largest absolute Gasteiger partial charge is 0.402 e. The summed E-state index contributed by atoms with van der Waals surface area (Å²) < 4.78 is 0. The van der Waals surface area contributed by atoms with Gasteiger partial charge in [0.1, 0.15) is 0 Å². The van der Waals surface area contributed by atoms with Crippen LogP contribution in [0.25, 0.3) is 0 Å². The standard InChI is InChI=1S/C10H12N2O/c1-12-6-7-3-2-4-8(11)5-9(7)10(12)13/h2-3,5H,4,6,11H2,1H3. The van der Waals surface area contributed by atoms with Crippen LogP contribution < -0.4 is 5.73 Å². The SMILES string of the molecule is CN1CC2=C(C=C(N)CC=C2)C1=O. The molecule has 3 heteroatoms. The molecule has 0 saturated heterocycles. The van der Waals surface area contributed by atoms with Gasteiger partial charge < -0.3 is 10.6 Å². The van der Waals surface area contributed by atoms with Crippen molar-refractivity contribution in [2.24, 2.45) is 5.73 Å². The monoisotopic (exact) mass is 176 g/mol. The van der Waals surface area contributed by atoms with E-state index in [1.165, 1.54) is 0 Å². The van der Waals surface area contributed by atoms with E-state index >= 15 is 0 Å². The highest BCUT2D eigenvalue weighted by Crippen LogP contribution is 2.23. The third-order valence-corrected chi connectivity index (χ3v) is 2.33. The highest BCUT2D eigenvalue weighted by atomic mass is 16.2. The van der Waals surface area contributed by atoms with Gasteiger partial charge >= 0.3 is 0 Å². The summed E-state index contributed by atoms with van der Waals surface area (Å²) in [6.07, 6.45) is 6.53. The predicted molar refractivity (Wildman–Crippen MR) is 50.7 cm³/mol. The first-order chi connectivity index (χ1) is 6.18. The minimum Gasteiger partial charge on any atom is -0.402 e. The van der Waals surface area contributed by atoms with E-state index < -0.39 is 0 Å². The first-order valence-corrected chi connectivity index (χ1v) is 4.29. The molecular formula is C10H12N2O. The summed E-state index contributed by atoms with van der Waals surface area (Å²) in [6, 6.07) is 0. The third kappa shape index (κ3) is 1.26. The number of likely N-dealkylation sites (N-methyl/N-ethyl adjacent to an activating group) is 1. The zero-order chi connectivity index (χ0) is 9.42. The maximum atomic E-state index is 11.6. The van der Waals surface area contributed by atoms with Gasteiger partial charge in [0.25, 0.3) is 5.91 Å². The Kier molecular flexibility index (Phi) is 1.72. The number of hydrogen-bond acceptors (Lipinski definition) is 2. The summed E-state index contributed by atoms with van der Waals surface area (Å²) in [5, 5.41) is 0. The lowest BCUT2D eigenvalue weighted by molar-refractivity contribution is -0.124. The summed E-state index contributed by atoms with van der Waals surface area (Å²) in [5.74, 6) is 0.0736. The smallest absolute Gasteiger partial charge is 0.254 e. The molecule has 1 aliphatic heterocycles. The molecule has 1 heterocycles. The molecule has 13 heavy (non-hydrogen) atoms. The van der Waals surface area contributed by atoms with Crippen molar-refractivity contribution in [2.75, 3.05) is 13.6 Å². The quantitative estimate of drug-likeness (QED) is 0.586. The van der Waals surface area contributed by atoms with Crippen LogP contribution in [0.5, 0.6) is 0 Å². The molecular weight excluding hydrogens is 164 g/mol. The Morgan fingerprint density at radius 2 is 2.31 bits per heavy atom. The average molecular weight is 176 g/mol. The van der Waals surface area contributed by atoms with Crippen LogP contribution in [0.2, 0.25) is 0 Å². The van der Waals surface area contributed by atoms with Gasteiger partial charge in [-0.1, -0.05) is 12.2 Å². The maximum Gasteiger partial charge on any atom is 0.254 e. The zero-order valence-corrected chi connectivity index (χ0v) is 7.58. The summed E-state index contributed by atoms with van der Waals surface area (Å²) in [5.41, 5.74) is 8.29. The van der Waals surface area contributed by atoms with E-state index in [-0.39, 0.29) is 5.91 Å². The lowest BCUT2D eigenvalue weighted by atomic mass is 10.1. The number of allylic oxidation sites excluding steroid dienone is 1. The molecule has 68 valence electrons. The van der Waals surface area contributed by atoms with Crippen LogP contribution in [-0.4, -0.2) is 24.4 Å². The second kappa shape index (κ2) is 2.76. The van der Waals surface area contributed by atoms with Gasteiger partial charge in [-0.15, -0.1) is 0 Å². The highest BCUT2D eigenvalue weighted by molar-refractivity contribution is 6.00. The molecule has 0 aromatic carbocycles. The molecule has 0 radical (unpaired) electrons. The Bertz CT molecular complexity index is 350. The Morgan fingerprint density at radius 1 is 1.54 bits per heavy atom. The predicted octanol–water partition coefficient (Wildman–Crippen LogP) is 0.558. The Hall–Kier alpha value is -1.51. The minimum absolute atomic E-state index is 0.0736. The van der Waals surface area contributed by atoms with Crippen molar-refractivity contribution < 1.29 is 4.79 Å². The number of hydrogen-bond donors (Lipinski definition) is 1. The fourth-order valence-electron chi connectivity index (χ4n) is 1.63. The van der Waals surface area contributed by atoms with Crippen molar-refractivity contribution in [3.8, 4) is 0 Å². The fourth-order valence-corrected chi connectivity index (χ4v) is 1.63. The maximum absolute atomic E-state index is 11.6. The van der Waals surface area contributed by atoms with Gasteiger partial charge in [0.05, 0.1) is 0 Å². The molecule has 0 aromatic rings. The summed E-state index contributed by atoms with van der Waals surface area (Å²) >= 11 is 0. The van der Waals surface area contributed by atoms with E-state index in [4.69, 9.17) is 5.73 Å². The van der Waals surface area contributed by atoms with Crippen molar-refractivity contribution in [3.05, 3.63) is 35.1 Å². The molecule has 0 fully saturated rings. The number of rotatable bonds is 0. The van der Waals surface area contributed by atoms with Gasteiger partial charge in [-0.3, -0.25) is 4.79 Å². The number of carbonyl (C=O) groups is 1. The molecule has 0 spiro atoms. The summed E-state index contributed by atoms with van der Waals surface area (Å²) in [6.45, 7) is 0.703. The van der Waals surface area contributed by atoms with Crippen LogP contribution in [0.3, 0.4) is 0 Å². The summed E-state index contributed by atoms with van der Waals surface area (Å²) in [4.78, 5) is 13.3. The van der Waals surface area contributed by atoms with Crippen molar-refractivity contribution in [3.63, 3.8) is 0 Å². The van der Waals surface area contributed by atoms with E-state index in [1.54, 1.807) is 18.0 Å². The lowest BCUT2D eigenvalue weighted by Crippen LogP contribution is -2.21. The Morgan fingerprint density at radius 3 is 3.08 bits per heavy atom. The van der Waals surface area contributed by atoms with Gasteiger partial charge in [-0.25, -0.2) is 0 Å². The van der Waals surface area contributed by atoms with E-state index in [1.807, 2.05) is 12.2 Å². The molecule has 0 bridgehead atoms. The van der Waals surface area contributed by atoms with Crippen molar-refractivity contribution in [1.82, 2.24) is 4.90 Å². The molecule has 3 nitrogen and oxygen atoms in total. The van der Waals surface area contributed by atoms with Crippen molar-refractivity contribution >= 4 is 5.91 Å². The molecule has 1 amide bonds. The van der Waals surface area contributed by atoms with Gasteiger partial charge in [0, 0.05) is 31.3 Å². The fraction of sp³-hybridized carbons (Fsp3) is 0.300. The number of nitrogens with two attached hydrogens (primary N) is 1. The molecule has 2 aliphatic rings. The molecule has 0 saturated carbocycles. The average Bonchev–Trinajstić information content (AvgIpc) is 2.29. The number of amides is 1. The van der Waals surface area contributed by atoms with Crippen molar-refractivity contribution in [1.29, 1.82) is 0 Å². The molecule has 0 atom stereocenters. The Labute approximate surface area is 77.2 Å². The topological polar surface area (TPSA) is 46.3 Å².